The van der Waals surface area contributed by atoms with Gasteiger partial charge in [-0.3, -0.25) is 0 Å². The lowest BCUT2D eigenvalue weighted by atomic mass is 10.1. The molecule has 0 aromatic heterocycles. The average Bonchev–Trinajstić information content (AvgIpc) is 2.54. The normalized spacial score (nSPS) is 12.1. The molecule has 3 nitrogen and oxygen atoms in total. The number of aryl methyl sites for hydroxylation is 1. The van der Waals surface area contributed by atoms with E-state index in [9.17, 15) is 10.2 Å². The number of hydrogen-bond donors (Lipinski definition) is 2. The molecule has 2 rings (SSSR count). The summed E-state index contributed by atoms with van der Waals surface area (Å²) in [4.78, 5) is 0. The van der Waals surface area contributed by atoms with Gasteiger partial charge in [0, 0.05) is 0 Å². The standard InChI is InChI=1S/C18H20Cl2O3/c19-17-10-5-13(11-18(17)20)3-1-2-4-15(22)12-23-16-8-6-14(21)7-9-16/h5-11,15,21-22H,1-4,12H2. The highest BCUT2D eigenvalue weighted by atomic mass is 35.5. The first-order valence-electron chi connectivity index (χ1n) is 7.58. The van der Waals surface area contributed by atoms with Crippen LogP contribution in [-0.2, 0) is 6.42 Å². The van der Waals surface area contributed by atoms with Gasteiger partial charge in [-0.25, -0.2) is 0 Å². The van der Waals surface area contributed by atoms with Crippen molar-refractivity contribution in [2.75, 3.05) is 6.61 Å². The second-order valence-corrected chi connectivity index (χ2v) is 6.27. The molecule has 1 unspecified atom stereocenters. The Bertz CT molecular complexity index is 614. The smallest absolute Gasteiger partial charge is 0.119 e. The first-order valence-corrected chi connectivity index (χ1v) is 8.34. The molecule has 23 heavy (non-hydrogen) atoms. The molecule has 0 bridgehead atoms. The molecule has 2 N–H and O–H groups in total. The molecule has 0 fully saturated rings. The molecule has 2 aromatic rings. The molecule has 5 heteroatoms. The van der Waals surface area contributed by atoms with Crippen molar-refractivity contribution < 1.29 is 14.9 Å². The zero-order chi connectivity index (χ0) is 16.7. The predicted octanol–water partition coefficient (Wildman–Crippen LogP) is 4.85. The SMILES string of the molecule is Oc1ccc(OCC(O)CCCCc2ccc(Cl)c(Cl)c2)cc1. The van der Waals surface area contributed by atoms with Crippen LogP contribution in [0, 0.1) is 0 Å². The summed E-state index contributed by atoms with van der Waals surface area (Å²) in [5.41, 5.74) is 1.15. The second-order valence-electron chi connectivity index (χ2n) is 5.45. The molecule has 0 spiro atoms. The van der Waals surface area contributed by atoms with Crippen molar-refractivity contribution in [2.45, 2.75) is 31.8 Å². The van der Waals surface area contributed by atoms with E-state index in [2.05, 4.69) is 0 Å². The number of halogens is 2. The van der Waals surface area contributed by atoms with Gasteiger partial charge in [0.1, 0.15) is 18.1 Å². The molecule has 0 aliphatic rings. The van der Waals surface area contributed by atoms with Crippen LogP contribution in [0.5, 0.6) is 11.5 Å². The fraction of sp³-hybridized carbons (Fsp3) is 0.333. The topological polar surface area (TPSA) is 49.7 Å². The summed E-state index contributed by atoms with van der Waals surface area (Å²) in [6.45, 7) is 0.248. The fourth-order valence-corrected chi connectivity index (χ4v) is 2.54. The van der Waals surface area contributed by atoms with Crippen LogP contribution in [0.25, 0.3) is 0 Å². The Morgan fingerprint density at radius 3 is 2.39 bits per heavy atom. The molecule has 0 amide bonds. The maximum Gasteiger partial charge on any atom is 0.119 e. The highest BCUT2D eigenvalue weighted by Crippen LogP contribution is 2.23. The molecular formula is C18H20Cl2O3. The highest BCUT2D eigenvalue weighted by molar-refractivity contribution is 6.42. The third kappa shape index (κ3) is 6.30. The van der Waals surface area contributed by atoms with Crippen LogP contribution in [0.1, 0.15) is 24.8 Å². The molecule has 0 saturated carbocycles. The monoisotopic (exact) mass is 354 g/mol. The van der Waals surface area contributed by atoms with Crippen LogP contribution in [-0.4, -0.2) is 22.9 Å². The van der Waals surface area contributed by atoms with Gasteiger partial charge in [-0.1, -0.05) is 35.7 Å². The van der Waals surface area contributed by atoms with Gasteiger partial charge in [-0.05, 0) is 61.2 Å². The number of aliphatic hydroxyl groups is 1. The van der Waals surface area contributed by atoms with Gasteiger partial charge in [0.05, 0.1) is 16.1 Å². The van der Waals surface area contributed by atoms with Crippen molar-refractivity contribution in [2.24, 2.45) is 0 Å². The summed E-state index contributed by atoms with van der Waals surface area (Å²) in [5.74, 6) is 0.831. The quantitative estimate of drug-likeness (QED) is 0.666. The molecular weight excluding hydrogens is 335 g/mol. The zero-order valence-electron chi connectivity index (χ0n) is 12.7. The van der Waals surface area contributed by atoms with Crippen LogP contribution in [0.15, 0.2) is 42.5 Å². The molecule has 2 aromatic carbocycles. The van der Waals surface area contributed by atoms with Crippen molar-refractivity contribution in [1.29, 1.82) is 0 Å². The highest BCUT2D eigenvalue weighted by Gasteiger charge is 2.06. The molecule has 0 aliphatic carbocycles. The van der Waals surface area contributed by atoms with Gasteiger partial charge < -0.3 is 14.9 Å². The average molecular weight is 355 g/mol. The minimum atomic E-state index is -0.502. The van der Waals surface area contributed by atoms with Crippen molar-refractivity contribution >= 4 is 23.2 Å². The molecule has 0 radical (unpaired) electrons. The van der Waals surface area contributed by atoms with E-state index in [4.69, 9.17) is 27.9 Å². The predicted molar refractivity (Wildman–Crippen MR) is 93.6 cm³/mol. The number of aliphatic hydroxyl groups excluding tert-OH is 1. The second kappa shape index (κ2) is 9.02. The summed E-state index contributed by atoms with van der Waals surface area (Å²) < 4.78 is 5.47. The summed E-state index contributed by atoms with van der Waals surface area (Å²) in [6, 6.07) is 12.1. The Kier molecular flexibility index (Phi) is 7.03. The maximum absolute atomic E-state index is 9.93. The van der Waals surface area contributed by atoms with Crippen LogP contribution < -0.4 is 4.74 Å². The van der Waals surface area contributed by atoms with Gasteiger partial charge in [0.2, 0.25) is 0 Å². The van der Waals surface area contributed by atoms with Gasteiger partial charge in [-0.2, -0.15) is 0 Å². The number of rotatable bonds is 8. The lowest BCUT2D eigenvalue weighted by molar-refractivity contribution is 0.0977. The van der Waals surface area contributed by atoms with E-state index in [1.165, 1.54) is 0 Å². The molecule has 0 heterocycles. The van der Waals surface area contributed by atoms with E-state index in [0.29, 0.717) is 22.2 Å². The summed E-state index contributed by atoms with van der Waals surface area (Å²) in [5, 5.41) is 20.3. The van der Waals surface area contributed by atoms with Crippen molar-refractivity contribution in [3.05, 3.63) is 58.1 Å². The Morgan fingerprint density at radius 1 is 0.957 bits per heavy atom. The molecule has 1 atom stereocenters. The lowest BCUT2D eigenvalue weighted by Gasteiger charge is -2.12. The van der Waals surface area contributed by atoms with E-state index < -0.39 is 6.10 Å². The number of aromatic hydroxyl groups is 1. The third-order valence-electron chi connectivity index (χ3n) is 3.52. The Balaban J connectivity index is 1.63. The maximum atomic E-state index is 9.93. The van der Waals surface area contributed by atoms with E-state index in [-0.39, 0.29) is 12.4 Å². The van der Waals surface area contributed by atoms with Gasteiger partial charge >= 0.3 is 0 Å². The number of benzene rings is 2. The van der Waals surface area contributed by atoms with E-state index in [0.717, 1.165) is 24.8 Å². The Labute approximate surface area is 146 Å². The largest absolute Gasteiger partial charge is 0.508 e. The number of unbranched alkanes of at least 4 members (excludes halogenated alkanes) is 1. The van der Waals surface area contributed by atoms with Crippen molar-refractivity contribution in [3.63, 3.8) is 0 Å². The Morgan fingerprint density at radius 2 is 1.70 bits per heavy atom. The van der Waals surface area contributed by atoms with Gasteiger partial charge in [0.15, 0.2) is 0 Å². The van der Waals surface area contributed by atoms with E-state index in [1.807, 2.05) is 12.1 Å². The summed E-state index contributed by atoms with van der Waals surface area (Å²) in [7, 11) is 0. The van der Waals surface area contributed by atoms with Crippen LogP contribution in [0.2, 0.25) is 10.0 Å². The van der Waals surface area contributed by atoms with E-state index >= 15 is 0 Å². The zero-order valence-corrected chi connectivity index (χ0v) is 14.2. The summed E-state index contributed by atoms with van der Waals surface area (Å²) >= 11 is 11.9. The van der Waals surface area contributed by atoms with E-state index in [1.54, 1.807) is 30.3 Å². The van der Waals surface area contributed by atoms with Crippen molar-refractivity contribution in [3.8, 4) is 11.5 Å². The first kappa shape index (κ1) is 17.9. The number of phenolic OH excluding ortho intramolecular Hbond substituents is 1. The lowest BCUT2D eigenvalue weighted by Crippen LogP contribution is -2.17. The van der Waals surface area contributed by atoms with Gasteiger partial charge in [-0.15, -0.1) is 0 Å². The molecule has 0 saturated heterocycles. The van der Waals surface area contributed by atoms with Crippen LogP contribution in [0.3, 0.4) is 0 Å². The third-order valence-corrected chi connectivity index (χ3v) is 4.25. The minimum Gasteiger partial charge on any atom is -0.508 e. The summed E-state index contributed by atoms with van der Waals surface area (Å²) in [6.07, 6.45) is 2.95. The van der Waals surface area contributed by atoms with Gasteiger partial charge in [0.25, 0.3) is 0 Å². The Hall–Kier alpha value is -1.42. The number of hydrogen-bond acceptors (Lipinski definition) is 3. The fourth-order valence-electron chi connectivity index (χ4n) is 2.22. The first-order chi connectivity index (χ1) is 11.0. The van der Waals surface area contributed by atoms with Crippen LogP contribution >= 0.6 is 23.2 Å². The minimum absolute atomic E-state index is 0.195. The van der Waals surface area contributed by atoms with Crippen LogP contribution in [0.4, 0.5) is 0 Å². The molecule has 0 aliphatic heterocycles. The number of phenols is 1. The molecule has 124 valence electrons. The number of ether oxygens (including phenoxy) is 1. The van der Waals surface area contributed by atoms with Crippen molar-refractivity contribution in [1.82, 2.24) is 0 Å².